The second-order valence-electron chi connectivity index (χ2n) is 6.13. The van der Waals surface area contributed by atoms with Gasteiger partial charge >= 0.3 is 5.97 Å². The standard InChI is InChI=1S/C17H18BrN3O3/c1-11-6-7-20(15(8-11)17(23)24)16(22)12-9-19-21(10-12)14-4-2-13(18)3-5-14/h2-5,9-11,15H,6-8H2,1H3,(H,23,24). The first-order valence-corrected chi connectivity index (χ1v) is 8.59. The molecular weight excluding hydrogens is 374 g/mol. The fourth-order valence-electron chi connectivity index (χ4n) is 2.95. The van der Waals surface area contributed by atoms with Crippen LogP contribution in [0.1, 0.15) is 30.1 Å². The third-order valence-corrected chi connectivity index (χ3v) is 4.86. The highest BCUT2D eigenvalue weighted by Gasteiger charge is 2.35. The van der Waals surface area contributed by atoms with E-state index in [1.807, 2.05) is 31.2 Å². The van der Waals surface area contributed by atoms with E-state index in [9.17, 15) is 14.7 Å². The van der Waals surface area contributed by atoms with Crippen molar-refractivity contribution in [2.24, 2.45) is 5.92 Å². The molecule has 0 aliphatic carbocycles. The van der Waals surface area contributed by atoms with Gasteiger partial charge in [0.15, 0.2) is 0 Å². The van der Waals surface area contributed by atoms with Crippen molar-refractivity contribution < 1.29 is 14.7 Å². The Bertz CT molecular complexity index is 757. The van der Waals surface area contributed by atoms with Crippen molar-refractivity contribution in [1.29, 1.82) is 0 Å². The van der Waals surface area contributed by atoms with E-state index < -0.39 is 12.0 Å². The number of hydrogen-bond acceptors (Lipinski definition) is 3. The molecule has 1 saturated heterocycles. The Kier molecular flexibility index (Phi) is 4.71. The summed E-state index contributed by atoms with van der Waals surface area (Å²) in [6, 6.07) is 6.79. The van der Waals surface area contributed by atoms with Crippen molar-refractivity contribution in [2.45, 2.75) is 25.8 Å². The lowest BCUT2D eigenvalue weighted by Crippen LogP contribution is -2.49. The third kappa shape index (κ3) is 3.36. The lowest BCUT2D eigenvalue weighted by atomic mass is 9.92. The summed E-state index contributed by atoms with van der Waals surface area (Å²) in [5.41, 5.74) is 1.23. The molecule has 2 aromatic rings. The number of piperidine rings is 1. The first-order chi connectivity index (χ1) is 11.5. The normalized spacial score (nSPS) is 20.8. The predicted molar refractivity (Wildman–Crippen MR) is 92.1 cm³/mol. The monoisotopic (exact) mass is 391 g/mol. The predicted octanol–water partition coefficient (Wildman–Crippen LogP) is 2.96. The van der Waals surface area contributed by atoms with Crippen molar-refractivity contribution in [3.8, 4) is 5.69 Å². The number of benzene rings is 1. The highest BCUT2D eigenvalue weighted by molar-refractivity contribution is 9.10. The van der Waals surface area contributed by atoms with E-state index in [1.54, 1.807) is 10.9 Å². The summed E-state index contributed by atoms with van der Waals surface area (Å²) >= 11 is 3.38. The number of carbonyl (C=O) groups excluding carboxylic acids is 1. The fraction of sp³-hybridized carbons (Fsp3) is 0.353. The van der Waals surface area contributed by atoms with Crippen molar-refractivity contribution >= 4 is 27.8 Å². The Morgan fingerprint density at radius 1 is 1.29 bits per heavy atom. The molecule has 0 saturated carbocycles. The Morgan fingerprint density at radius 3 is 2.67 bits per heavy atom. The summed E-state index contributed by atoms with van der Waals surface area (Å²) in [5, 5.41) is 13.6. The Labute approximate surface area is 148 Å². The van der Waals surface area contributed by atoms with Gasteiger partial charge in [-0.2, -0.15) is 5.10 Å². The van der Waals surface area contributed by atoms with Crippen LogP contribution < -0.4 is 0 Å². The zero-order chi connectivity index (χ0) is 17.3. The molecule has 2 atom stereocenters. The number of hydrogen-bond donors (Lipinski definition) is 1. The highest BCUT2D eigenvalue weighted by atomic mass is 79.9. The molecule has 2 unspecified atom stereocenters. The van der Waals surface area contributed by atoms with Gasteiger partial charge in [-0.05, 0) is 43.0 Å². The molecule has 1 aromatic heterocycles. The van der Waals surface area contributed by atoms with E-state index >= 15 is 0 Å². The molecule has 0 radical (unpaired) electrons. The van der Waals surface area contributed by atoms with Crippen LogP contribution in [0.25, 0.3) is 5.69 Å². The molecule has 0 spiro atoms. The van der Waals surface area contributed by atoms with Crippen molar-refractivity contribution in [2.75, 3.05) is 6.54 Å². The molecule has 0 bridgehead atoms. The zero-order valence-corrected chi connectivity index (χ0v) is 14.8. The van der Waals surface area contributed by atoms with Crippen LogP contribution in [0.4, 0.5) is 0 Å². The van der Waals surface area contributed by atoms with Crippen LogP contribution in [-0.2, 0) is 4.79 Å². The van der Waals surface area contributed by atoms with E-state index in [1.165, 1.54) is 11.1 Å². The van der Waals surface area contributed by atoms with Crippen LogP contribution in [-0.4, -0.2) is 44.3 Å². The summed E-state index contributed by atoms with van der Waals surface area (Å²) in [4.78, 5) is 25.7. The highest BCUT2D eigenvalue weighted by Crippen LogP contribution is 2.24. The lowest BCUT2D eigenvalue weighted by Gasteiger charge is -2.35. The van der Waals surface area contributed by atoms with Crippen molar-refractivity contribution in [1.82, 2.24) is 14.7 Å². The maximum Gasteiger partial charge on any atom is 0.326 e. The summed E-state index contributed by atoms with van der Waals surface area (Å²) in [6.07, 6.45) is 4.43. The lowest BCUT2D eigenvalue weighted by molar-refractivity contribution is -0.144. The summed E-state index contributed by atoms with van der Waals surface area (Å²) < 4.78 is 2.57. The molecule has 3 rings (SSSR count). The largest absolute Gasteiger partial charge is 0.480 e. The average Bonchev–Trinajstić information content (AvgIpc) is 3.04. The minimum Gasteiger partial charge on any atom is -0.480 e. The molecule has 1 amide bonds. The molecule has 6 nitrogen and oxygen atoms in total. The molecule has 1 aliphatic rings. The van der Waals surface area contributed by atoms with Gasteiger partial charge in [0.2, 0.25) is 0 Å². The average molecular weight is 392 g/mol. The van der Waals surface area contributed by atoms with Gasteiger partial charge in [-0.15, -0.1) is 0 Å². The maximum atomic E-state index is 12.7. The maximum absolute atomic E-state index is 12.7. The number of aromatic nitrogens is 2. The summed E-state index contributed by atoms with van der Waals surface area (Å²) in [5.74, 6) is -0.923. The number of aliphatic carboxylic acids is 1. The van der Waals surface area contributed by atoms with Crippen molar-refractivity contribution in [3.63, 3.8) is 0 Å². The number of amides is 1. The van der Waals surface area contributed by atoms with Crippen LogP contribution in [0, 0.1) is 5.92 Å². The number of carboxylic acid groups (broad SMARTS) is 1. The van der Waals surface area contributed by atoms with Crippen LogP contribution in [0.5, 0.6) is 0 Å². The van der Waals surface area contributed by atoms with Gasteiger partial charge in [0.1, 0.15) is 6.04 Å². The van der Waals surface area contributed by atoms with Crippen LogP contribution in [0.2, 0.25) is 0 Å². The fourth-order valence-corrected chi connectivity index (χ4v) is 3.22. The first-order valence-electron chi connectivity index (χ1n) is 7.80. The third-order valence-electron chi connectivity index (χ3n) is 4.33. The first kappa shape index (κ1) is 16.7. The summed E-state index contributed by atoms with van der Waals surface area (Å²) in [7, 11) is 0. The number of halogens is 1. The smallest absolute Gasteiger partial charge is 0.326 e. The van der Waals surface area contributed by atoms with Crippen LogP contribution >= 0.6 is 15.9 Å². The molecule has 1 aliphatic heterocycles. The quantitative estimate of drug-likeness (QED) is 0.872. The van der Waals surface area contributed by atoms with Gasteiger partial charge < -0.3 is 10.0 Å². The number of rotatable bonds is 3. The molecule has 1 aromatic carbocycles. The number of nitrogens with zero attached hydrogens (tertiary/aromatic N) is 3. The minimum atomic E-state index is -0.949. The molecule has 2 heterocycles. The van der Waals surface area contributed by atoms with Gasteiger partial charge in [-0.1, -0.05) is 22.9 Å². The van der Waals surface area contributed by atoms with Gasteiger partial charge in [-0.25, -0.2) is 9.48 Å². The number of likely N-dealkylation sites (tertiary alicyclic amines) is 1. The van der Waals surface area contributed by atoms with Crippen molar-refractivity contribution in [3.05, 3.63) is 46.7 Å². The minimum absolute atomic E-state index is 0.280. The molecule has 1 N–H and O–H groups in total. The van der Waals surface area contributed by atoms with Gasteiger partial charge in [0.05, 0.1) is 17.4 Å². The van der Waals surface area contributed by atoms with E-state index in [4.69, 9.17) is 0 Å². The number of carbonyl (C=O) groups is 2. The second-order valence-corrected chi connectivity index (χ2v) is 7.05. The molecule has 7 heteroatoms. The van der Waals surface area contributed by atoms with Crippen LogP contribution in [0.15, 0.2) is 41.1 Å². The van der Waals surface area contributed by atoms with E-state index in [2.05, 4.69) is 21.0 Å². The van der Waals surface area contributed by atoms with E-state index in [0.29, 0.717) is 24.4 Å². The molecule has 24 heavy (non-hydrogen) atoms. The molecular formula is C17H18BrN3O3. The van der Waals surface area contributed by atoms with Gasteiger partial charge in [0, 0.05) is 17.2 Å². The second kappa shape index (κ2) is 6.76. The number of carboxylic acids is 1. The van der Waals surface area contributed by atoms with E-state index in [-0.39, 0.29) is 5.91 Å². The SMILES string of the molecule is CC1CCN(C(=O)c2cnn(-c3ccc(Br)cc3)c2)C(C(=O)O)C1. The van der Waals surface area contributed by atoms with E-state index in [0.717, 1.165) is 16.6 Å². The zero-order valence-electron chi connectivity index (χ0n) is 13.2. The molecule has 126 valence electrons. The summed E-state index contributed by atoms with van der Waals surface area (Å²) in [6.45, 7) is 2.48. The Hall–Kier alpha value is -2.15. The Morgan fingerprint density at radius 2 is 2.00 bits per heavy atom. The Balaban J connectivity index is 1.82. The van der Waals surface area contributed by atoms with Crippen LogP contribution in [0.3, 0.4) is 0 Å². The van der Waals surface area contributed by atoms with Gasteiger partial charge in [-0.3, -0.25) is 4.79 Å². The topological polar surface area (TPSA) is 75.4 Å². The van der Waals surface area contributed by atoms with Gasteiger partial charge in [0.25, 0.3) is 5.91 Å². The molecule has 1 fully saturated rings.